The Kier molecular flexibility index (Phi) is 2.69. The van der Waals surface area contributed by atoms with E-state index in [0.717, 1.165) is 5.13 Å². The summed E-state index contributed by atoms with van der Waals surface area (Å²) in [6.07, 6.45) is 1.34. The maximum Gasteiger partial charge on any atom is 0.183 e. The minimum Gasteiger partial charge on any atom is -0.391 e. The predicted molar refractivity (Wildman–Crippen MR) is 51.5 cm³/mol. The molecule has 0 aliphatic heterocycles. The van der Waals surface area contributed by atoms with Gasteiger partial charge in [-0.25, -0.2) is 4.98 Å². The largest absolute Gasteiger partial charge is 0.391 e. The lowest BCUT2D eigenvalue weighted by Gasteiger charge is -2.28. The normalized spacial score (nSPS) is 14.3. The Bertz CT molecular complexity index is 231. The maximum atomic E-state index is 9.39. The molecule has 0 saturated carbocycles. The van der Waals surface area contributed by atoms with Gasteiger partial charge >= 0.3 is 0 Å². The van der Waals surface area contributed by atoms with Crippen LogP contribution in [0.2, 0.25) is 0 Å². The van der Waals surface area contributed by atoms with Crippen LogP contribution in [0.3, 0.4) is 0 Å². The Labute approximate surface area is 76.5 Å². The number of thiazole rings is 1. The summed E-state index contributed by atoms with van der Waals surface area (Å²) in [4.78, 5) is 4.08. The molecule has 0 fully saturated rings. The van der Waals surface area contributed by atoms with Crippen LogP contribution in [0.5, 0.6) is 0 Å². The Hall–Kier alpha value is -0.610. The molecule has 1 unspecified atom stereocenters. The number of nitrogens with zero attached hydrogens (tertiary/aromatic N) is 1. The second-order valence-corrected chi connectivity index (χ2v) is 4.25. The van der Waals surface area contributed by atoms with Crippen LogP contribution >= 0.6 is 11.3 Å². The smallest absolute Gasteiger partial charge is 0.183 e. The molecule has 68 valence electrons. The van der Waals surface area contributed by atoms with Crippen molar-refractivity contribution in [1.82, 2.24) is 4.98 Å². The quantitative estimate of drug-likeness (QED) is 0.755. The van der Waals surface area contributed by atoms with Crippen molar-refractivity contribution >= 4 is 16.5 Å². The lowest BCUT2D eigenvalue weighted by atomic mass is 9.99. The van der Waals surface area contributed by atoms with Gasteiger partial charge in [0.2, 0.25) is 0 Å². The molecule has 4 heteroatoms. The summed E-state index contributed by atoms with van der Waals surface area (Å²) in [5, 5.41) is 15.3. The van der Waals surface area contributed by atoms with Gasteiger partial charge in [0.1, 0.15) is 0 Å². The first-order valence-electron chi connectivity index (χ1n) is 3.88. The second-order valence-electron chi connectivity index (χ2n) is 3.36. The summed E-state index contributed by atoms with van der Waals surface area (Å²) < 4.78 is 0. The number of anilines is 1. The molecule has 0 aromatic carbocycles. The molecule has 1 aromatic heterocycles. The molecule has 0 radical (unpaired) electrons. The summed E-state index contributed by atoms with van der Waals surface area (Å²) in [6.45, 7) is 5.65. The molecule has 0 aliphatic carbocycles. The van der Waals surface area contributed by atoms with E-state index in [9.17, 15) is 5.11 Å². The summed E-state index contributed by atoms with van der Waals surface area (Å²) in [5.74, 6) is 0. The Morgan fingerprint density at radius 2 is 2.33 bits per heavy atom. The van der Waals surface area contributed by atoms with E-state index in [0.29, 0.717) is 0 Å². The maximum absolute atomic E-state index is 9.39. The Morgan fingerprint density at radius 3 is 2.75 bits per heavy atom. The number of aliphatic hydroxyl groups is 1. The molecule has 12 heavy (non-hydrogen) atoms. The third-order valence-electron chi connectivity index (χ3n) is 1.91. The highest BCUT2D eigenvalue weighted by Gasteiger charge is 2.24. The lowest BCUT2D eigenvalue weighted by Crippen LogP contribution is -2.41. The van der Waals surface area contributed by atoms with Crippen LogP contribution in [0.4, 0.5) is 5.13 Å². The van der Waals surface area contributed by atoms with Crippen molar-refractivity contribution in [2.24, 2.45) is 0 Å². The third-order valence-corrected chi connectivity index (χ3v) is 2.59. The minimum atomic E-state index is -0.401. The Morgan fingerprint density at radius 1 is 1.67 bits per heavy atom. The molecule has 0 spiro atoms. The number of hydrogen-bond donors (Lipinski definition) is 2. The number of aromatic nitrogens is 1. The van der Waals surface area contributed by atoms with Gasteiger partial charge in [0.05, 0.1) is 11.6 Å². The topological polar surface area (TPSA) is 45.1 Å². The third kappa shape index (κ3) is 2.19. The highest BCUT2D eigenvalue weighted by molar-refractivity contribution is 7.13. The van der Waals surface area contributed by atoms with Crippen molar-refractivity contribution in [2.75, 3.05) is 5.32 Å². The van der Waals surface area contributed by atoms with Gasteiger partial charge in [0.25, 0.3) is 0 Å². The van der Waals surface area contributed by atoms with Crippen molar-refractivity contribution < 1.29 is 5.11 Å². The molecule has 1 atom stereocenters. The van der Waals surface area contributed by atoms with Crippen LogP contribution in [-0.4, -0.2) is 21.7 Å². The van der Waals surface area contributed by atoms with E-state index < -0.39 is 6.10 Å². The molecule has 1 rings (SSSR count). The van der Waals surface area contributed by atoms with E-state index in [1.165, 1.54) is 11.3 Å². The summed E-state index contributed by atoms with van der Waals surface area (Å²) >= 11 is 1.53. The first-order valence-corrected chi connectivity index (χ1v) is 4.76. The molecule has 1 heterocycles. The summed E-state index contributed by atoms with van der Waals surface area (Å²) in [7, 11) is 0. The van der Waals surface area contributed by atoms with Crippen molar-refractivity contribution in [1.29, 1.82) is 0 Å². The average Bonchev–Trinajstić information content (AvgIpc) is 2.38. The molecule has 2 N–H and O–H groups in total. The van der Waals surface area contributed by atoms with Crippen LogP contribution in [0.15, 0.2) is 11.6 Å². The first-order chi connectivity index (χ1) is 5.52. The number of hydrogen-bond acceptors (Lipinski definition) is 4. The first kappa shape index (κ1) is 9.48. The van der Waals surface area contributed by atoms with E-state index in [1.807, 2.05) is 19.2 Å². The van der Waals surface area contributed by atoms with Gasteiger partial charge in [-0.1, -0.05) is 0 Å². The summed E-state index contributed by atoms with van der Waals surface area (Å²) in [5.41, 5.74) is -0.322. The molecule has 1 aromatic rings. The molecule has 0 aliphatic rings. The van der Waals surface area contributed by atoms with Gasteiger partial charge in [-0.3, -0.25) is 0 Å². The standard InChI is InChI=1S/C8H14N2OS/c1-6(11)8(2,3)10-7-9-4-5-12-7/h4-6,11H,1-3H3,(H,9,10). The second kappa shape index (κ2) is 3.41. The van der Waals surface area contributed by atoms with Gasteiger partial charge in [0.15, 0.2) is 5.13 Å². The molecular weight excluding hydrogens is 172 g/mol. The molecule has 3 nitrogen and oxygen atoms in total. The van der Waals surface area contributed by atoms with E-state index in [1.54, 1.807) is 13.1 Å². The van der Waals surface area contributed by atoms with Gasteiger partial charge < -0.3 is 10.4 Å². The van der Waals surface area contributed by atoms with E-state index in [-0.39, 0.29) is 5.54 Å². The van der Waals surface area contributed by atoms with Crippen molar-refractivity contribution in [3.05, 3.63) is 11.6 Å². The average molecular weight is 186 g/mol. The van der Waals surface area contributed by atoms with Gasteiger partial charge in [0, 0.05) is 11.6 Å². The van der Waals surface area contributed by atoms with Crippen LogP contribution in [0.1, 0.15) is 20.8 Å². The zero-order valence-corrected chi connectivity index (χ0v) is 8.35. The fourth-order valence-electron chi connectivity index (χ4n) is 0.665. The fraction of sp³-hybridized carbons (Fsp3) is 0.625. The van der Waals surface area contributed by atoms with Crippen LogP contribution in [0.25, 0.3) is 0 Å². The van der Waals surface area contributed by atoms with Crippen LogP contribution < -0.4 is 5.32 Å². The van der Waals surface area contributed by atoms with Gasteiger partial charge in [-0.05, 0) is 20.8 Å². The zero-order valence-electron chi connectivity index (χ0n) is 7.53. The Balaban J connectivity index is 2.62. The van der Waals surface area contributed by atoms with E-state index in [2.05, 4.69) is 10.3 Å². The molecule has 0 amide bonds. The number of aliphatic hydroxyl groups excluding tert-OH is 1. The van der Waals surface area contributed by atoms with Crippen LogP contribution in [0, 0.1) is 0 Å². The van der Waals surface area contributed by atoms with E-state index >= 15 is 0 Å². The van der Waals surface area contributed by atoms with Gasteiger partial charge in [-0.2, -0.15) is 0 Å². The lowest BCUT2D eigenvalue weighted by molar-refractivity contribution is 0.133. The zero-order chi connectivity index (χ0) is 9.19. The van der Waals surface area contributed by atoms with Crippen molar-refractivity contribution in [3.63, 3.8) is 0 Å². The number of rotatable bonds is 3. The SMILES string of the molecule is CC(O)C(C)(C)Nc1nccs1. The molecular formula is C8H14N2OS. The summed E-state index contributed by atoms with van der Waals surface area (Å²) in [6, 6.07) is 0. The monoisotopic (exact) mass is 186 g/mol. The predicted octanol–water partition coefficient (Wildman–Crippen LogP) is 1.71. The van der Waals surface area contributed by atoms with Crippen molar-refractivity contribution in [2.45, 2.75) is 32.4 Å². The van der Waals surface area contributed by atoms with Gasteiger partial charge in [-0.15, -0.1) is 11.3 Å². The highest BCUT2D eigenvalue weighted by atomic mass is 32.1. The molecule has 0 saturated heterocycles. The number of nitrogens with one attached hydrogen (secondary N) is 1. The minimum absolute atomic E-state index is 0.322. The van der Waals surface area contributed by atoms with Crippen molar-refractivity contribution in [3.8, 4) is 0 Å². The molecule has 0 bridgehead atoms. The highest BCUT2D eigenvalue weighted by Crippen LogP contribution is 2.19. The van der Waals surface area contributed by atoms with E-state index in [4.69, 9.17) is 0 Å². The van der Waals surface area contributed by atoms with Crippen LogP contribution in [-0.2, 0) is 0 Å². The fourth-order valence-corrected chi connectivity index (χ4v) is 1.36.